The predicted octanol–water partition coefficient (Wildman–Crippen LogP) is 5.06. The molecule has 0 bridgehead atoms. The molecular formula is C23H33ClO5S. The molecule has 7 heteroatoms. The minimum absolute atomic E-state index is 0.0874. The van der Waals surface area contributed by atoms with Gasteiger partial charge in [-0.2, -0.15) is 11.8 Å². The van der Waals surface area contributed by atoms with Crippen LogP contribution in [0, 0.1) is 5.92 Å². The number of hydrogen-bond acceptors (Lipinski definition) is 6. The Labute approximate surface area is 188 Å². The molecule has 1 fully saturated rings. The van der Waals surface area contributed by atoms with E-state index in [1.165, 1.54) is 0 Å². The third-order valence-electron chi connectivity index (χ3n) is 5.25. The van der Waals surface area contributed by atoms with Crippen molar-refractivity contribution in [2.24, 2.45) is 5.92 Å². The monoisotopic (exact) mass is 456 g/mol. The van der Waals surface area contributed by atoms with E-state index in [1.54, 1.807) is 36.0 Å². The van der Waals surface area contributed by atoms with Crippen LogP contribution < -0.4 is 4.74 Å². The summed E-state index contributed by atoms with van der Waals surface area (Å²) in [5, 5.41) is 11.2. The first-order valence-electron chi connectivity index (χ1n) is 10.9. The van der Waals surface area contributed by atoms with Crippen molar-refractivity contribution in [2.45, 2.75) is 69.6 Å². The third kappa shape index (κ3) is 9.27. The van der Waals surface area contributed by atoms with Gasteiger partial charge in [-0.3, -0.25) is 9.59 Å². The molecule has 1 aliphatic rings. The van der Waals surface area contributed by atoms with Crippen LogP contribution in [0.4, 0.5) is 0 Å². The van der Waals surface area contributed by atoms with E-state index in [0.717, 1.165) is 38.5 Å². The van der Waals surface area contributed by atoms with Crippen molar-refractivity contribution in [1.82, 2.24) is 0 Å². The smallest absolute Gasteiger partial charge is 0.305 e. The lowest BCUT2D eigenvalue weighted by molar-refractivity contribution is -0.143. The molecule has 1 aromatic carbocycles. The van der Waals surface area contributed by atoms with Crippen molar-refractivity contribution in [2.75, 3.05) is 19.0 Å². The fourth-order valence-electron chi connectivity index (χ4n) is 3.65. The molecule has 0 heterocycles. The van der Waals surface area contributed by atoms with Gasteiger partial charge in [0, 0.05) is 34.8 Å². The van der Waals surface area contributed by atoms with Gasteiger partial charge in [0.15, 0.2) is 0 Å². The molecule has 3 atom stereocenters. The van der Waals surface area contributed by atoms with E-state index in [9.17, 15) is 14.7 Å². The topological polar surface area (TPSA) is 72.8 Å². The minimum atomic E-state index is -0.579. The number of ketones is 1. The summed E-state index contributed by atoms with van der Waals surface area (Å²) in [6.45, 7) is 2.47. The van der Waals surface area contributed by atoms with Crippen molar-refractivity contribution >= 4 is 35.1 Å². The van der Waals surface area contributed by atoms with E-state index in [1.807, 2.05) is 6.92 Å². The van der Waals surface area contributed by atoms with Crippen molar-refractivity contribution in [1.29, 1.82) is 0 Å². The van der Waals surface area contributed by atoms with Gasteiger partial charge < -0.3 is 14.6 Å². The summed E-state index contributed by atoms with van der Waals surface area (Å²) in [6, 6.07) is 7.06. The zero-order chi connectivity index (χ0) is 21.8. The molecule has 0 aliphatic heterocycles. The highest BCUT2D eigenvalue weighted by molar-refractivity contribution is 8.00. The molecule has 1 aromatic rings. The van der Waals surface area contributed by atoms with Crippen LogP contribution in [-0.4, -0.2) is 47.2 Å². The highest BCUT2D eigenvalue weighted by Crippen LogP contribution is 2.36. The summed E-state index contributed by atoms with van der Waals surface area (Å²) in [5.74, 6) is 1.55. The molecule has 0 unspecified atom stereocenters. The Morgan fingerprint density at radius 2 is 1.97 bits per heavy atom. The van der Waals surface area contributed by atoms with Crippen LogP contribution in [0.15, 0.2) is 24.3 Å². The number of thioether (sulfide) groups is 1. The van der Waals surface area contributed by atoms with Crippen LogP contribution in [0.5, 0.6) is 5.75 Å². The fraction of sp³-hybridized carbons (Fsp3) is 0.652. The van der Waals surface area contributed by atoms with Crippen LogP contribution in [0.2, 0.25) is 5.02 Å². The van der Waals surface area contributed by atoms with Crippen LogP contribution in [0.25, 0.3) is 0 Å². The second kappa shape index (κ2) is 13.9. The number of carbonyl (C=O) groups is 2. The molecule has 5 nitrogen and oxygen atoms in total. The summed E-state index contributed by atoms with van der Waals surface area (Å²) in [6.07, 6.45) is 6.18. The Hall–Kier alpha value is -1.24. The third-order valence-corrected chi connectivity index (χ3v) is 7.07. The molecule has 0 spiro atoms. The number of aliphatic hydroxyl groups is 1. The van der Waals surface area contributed by atoms with Crippen LogP contribution in [-0.2, 0) is 14.3 Å². The Bertz CT molecular complexity index is 651. The van der Waals surface area contributed by atoms with Gasteiger partial charge in [-0.1, -0.05) is 30.9 Å². The van der Waals surface area contributed by atoms with Crippen LogP contribution in [0.3, 0.4) is 0 Å². The normalized spacial score (nSPS) is 19.6. The SMILES string of the molecule is CCOC(=O)CCCCCC[C@H]1C(=O)CC[C@@H]1SC[C@@H](O)COc1ccc(Cl)cc1. The van der Waals surface area contributed by atoms with Crippen molar-refractivity contribution in [3.63, 3.8) is 0 Å². The molecule has 1 saturated carbocycles. The summed E-state index contributed by atoms with van der Waals surface area (Å²) < 4.78 is 10.5. The van der Waals surface area contributed by atoms with Gasteiger partial charge >= 0.3 is 5.97 Å². The maximum atomic E-state index is 12.3. The molecule has 1 aliphatic carbocycles. The van der Waals surface area contributed by atoms with Gasteiger partial charge in [-0.25, -0.2) is 0 Å². The number of halogens is 1. The average Bonchev–Trinajstić information content (AvgIpc) is 3.08. The number of carbonyl (C=O) groups excluding carboxylic acids is 2. The first-order valence-corrected chi connectivity index (χ1v) is 12.3. The molecule has 30 heavy (non-hydrogen) atoms. The van der Waals surface area contributed by atoms with Crippen molar-refractivity contribution < 1.29 is 24.2 Å². The second-order valence-electron chi connectivity index (χ2n) is 7.66. The lowest BCUT2D eigenvalue weighted by Gasteiger charge is -2.20. The number of Topliss-reactive ketones (excluding diaryl/α,β-unsaturated/α-hetero) is 1. The second-order valence-corrected chi connectivity index (χ2v) is 9.37. The van der Waals surface area contributed by atoms with Gasteiger partial charge in [-0.05, 0) is 50.5 Å². The average molecular weight is 457 g/mol. The molecule has 1 N–H and O–H groups in total. The standard InChI is InChI=1S/C23H33ClO5S/c1-2-28-23(27)8-6-4-3-5-7-20-21(26)13-14-22(20)30-16-18(25)15-29-19-11-9-17(24)10-12-19/h9-12,18,20,22,25H,2-8,13-16H2,1H3/t18-,20-,22-/m0/s1. The summed E-state index contributed by atoms with van der Waals surface area (Å²) in [7, 11) is 0. The summed E-state index contributed by atoms with van der Waals surface area (Å²) >= 11 is 7.54. The van der Waals surface area contributed by atoms with E-state index in [0.29, 0.717) is 41.8 Å². The zero-order valence-electron chi connectivity index (χ0n) is 17.7. The largest absolute Gasteiger partial charge is 0.491 e. The van der Waals surface area contributed by atoms with Gasteiger partial charge in [0.2, 0.25) is 0 Å². The number of hydrogen-bond donors (Lipinski definition) is 1. The Kier molecular flexibility index (Phi) is 11.6. The molecule has 2 rings (SSSR count). The molecule has 0 radical (unpaired) electrons. The highest BCUT2D eigenvalue weighted by atomic mass is 35.5. The van der Waals surface area contributed by atoms with E-state index in [-0.39, 0.29) is 23.7 Å². The molecule has 0 aromatic heterocycles. The van der Waals surface area contributed by atoms with Gasteiger partial charge in [0.1, 0.15) is 18.1 Å². The Morgan fingerprint density at radius 3 is 2.70 bits per heavy atom. The van der Waals surface area contributed by atoms with E-state index >= 15 is 0 Å². The molecule has 0 saturated heterocycles. The summed E-state index contributed by atoms with van der Waals surface area (Å²) in [4.78, 5) is 23.6. The Balaban J connectivity index is 1.61. The molecule has 168 valence electrons. The van der Waals surface area contributed by atoms with Gasteiger partial charge in [0.05, 0.1) is 12.7 Å². The number of ether oxygens (including phenoxy) is 2. The first kappa shape index (κ1) is 25.0. The summed E-state index contributed by atoms with van der Waals surface area (Å²) in [5.41, 5.74) is 0. The maximum Gasteiger partial charge on any atom is 0.305 e. The number of benzene rings is 1. The Morgan fingerprint density at radius 1 is 1.23 bits per heavy atom. The first-order chi connectivity index (χ1) is 14.5. The van der Waals surface area contributed by atoms with Crippen molar-refractivity contribution in [3.8, 4) is 5.75 Å². The van der Waals surface area contributed by atoms with Crippen molar-refractivity contribution in [3.05, 3.63) is 29.3 Å². The predicted molar refractivity (Wildman–Crippen MR) is 121 cm³/mol. The quantitative estimate of drug-likeness (QED) is 0.311. The van der Waals surface area contributed by atoms with Crippen LogP contribution >= 0.6 is 23.4 Å². The van der Waals surface area contributed by atoms with E-state index < -0.39 is 6.10 Å². The lowest BCUT2D eigenvalue weighted by Crippen LogP contribution is -2.24. The number of esters is 1. The molecular weight excluding hydrogens is 424 g/mol. The van der Waals surface area contributed by atoms with Gasteiger partial charge in [0.25, 0.3) is 0 Å². The van der Waals surface area contributed by atoms with Crippen LogP contribution in [0.1, 0.15) is 58.3 Å². The number of aliphatic hydroxyl groups excluding tert-OH is 1. The van der Waals surface area contributed by atoms with E-state index in [4.69, 9.17) is 21.1 Å². The zero-order valence-corrected chi connectivity index (χ0v) is 19.3. The minimum Gasteiger partial charge on any atom is -0.491 e. The highest BCUT2D eigenvalue weighted by Gasteiger charge is 2.34. The number of rotatable bonds is 14. The fourth-order valence-corrected chi connectivity index (χ4v) is 5.15. The molecule has 0 amide bonds. The van der Waals surface area contributed by atoms with Gasteiger partial charge in [-0.15, -0.1) is 0 Å². The maximum absolute atomic E-state index is 12.3. The lowest BCUT2D eigenvalue weighted by atomic mass is 9.98. The van der Waals surface area contributed by atoms with E-state index in [2.05, 4.69) is 0 Å². The number of unbranched alkanes of at least 4 members (excludes halogenated alkanes) is 3.